The second kappa shape index (κ2) is 5.59. The molecule has 104 valence electrons. The summed E-state index contributed by atoms with van der Waals surface area (Å²) in [4.78, 5) is 20.3. The van der Waals surface area contributed by atoms with E-state index < -0.39 is 0 Å². The summed E-state index contributed by atoms with van der Waals surface area (Å²) in [6.45, 7) is 4.61. The number of piperidine rings is 1. The van der Waals surface area contributed by atoms with Crippen LogP contribution in [0.4, 0.5) is 5.82 Å². The molecule has 2 rings (SSSR count). The number of pyridine rings is 1. The van der Waals surface area contributed by atoms with E-state index in [1.165, 1.54) is 6.42 Å². The van der Waals surface area contributed by atoms with E-state index in [1.807, 2.05) is 30.1 Å². The zero-order valence-corrected chi connectivity index (χ0v) is 12.3. The predicted octanol–water partition coefficient (Wildman–Crippen LogP) is 2.53. The Bertz CT molecular complexity index is 470. The van der Waals surface area contributed by atoms with Crippen LogP contribution >= 0.6 is 0 Å². The molecule has 1 unspecified atom stereocenters. The van der Waals surface area contributed by atoms with E-state index in [0.717, 1.165) is 36.3 Å². The van der Waals surface area contributed by atoms with Crippen molar-refractivity contribution < 1.29 is 4.79 Å². The van der Waals surface area contributed by atoms with E-state index >= 15 is 0 Å². The topological polar surface area (TPSA) is 36.4 Å². The molecular formula is C15H23N3O. The van der Waals surface area contributed by atoms with Crippen LogP contribution < -0.4 is 4.90 Å². The van der Waals surface area contributed by atoms with Gasteiger partial charge in [0, 0.05) is 33.8 Å². The molecule has 0 radical (unpaired) electrons. The van der Waals surface area contributed by atoms with Crippen molar-refractivity contribution in [2.45, 2.75) is 39.2 Å². The molecule has 1 saturated heterocycles. The molecule has 2 heterocycles. The highest BCUT2D eigenvalue weighted by atomic mass is 16.2. The van der Waals surface area contributed by atoms with Crippen LogP contribution in [0.2, 0.25) is 0 Å². The summed E-state index contributed by atoms with van der Waals surface area (Å²) in [6.07, 6.45) is 5.26. The summed E-state index contributed by atoms with van der Waals surface area (Å²) in [5.74, 6) is 1.16. The third-order valence-corrected chi connectivity index (χ3v) is 3.79. The van der Waals surface area contributed by atoms with Gasteiger partial charge in [-0.2, -0.15) is 0 Å². The average molecular weight is 261 g/mol. The third kappa shape index (κ3) is 2.88. The fraction of sp³-hybridized carbons (Fsp3) is 0.600. The molecule has 1 atom stereocenters. The van der Waals surface area contributed by atoms with E-state index in [1.54, 1.807) is 6.92 Å². The van der Waals surface area contributed by atoms with Gasteiger partial charge in [0.1, 0.15) is 5.82 Å². The van der Waals surface area contributed by atoms with Crippen molar-refractivity contribution in [1.82, 2.24) is 9.88 Å². The molecule has 1 aliphatic rings. The Labute approximate surface area is 115 Å². The zero-order chi connectivity index (χ0) is 14.0. The standard InChI is InChI=1S/C15H23N3O/c1-11-9-13(10-16-15(11)17(3)4)14-7-5-6-8-18(14)12(2)19/h9-10,14H,5-8H2,1-4H3. The van der Waals surface area contributed by atoms with Crippen molar-refractivity contribution in [3.63, 3.8) is 0 Å². The summed E-state index contributed by atoms with van der Waals surface area (Å²) in [6, 6.07) is 2.38. The van der Waals surface area contributed by atoms with Gasteiger partial charge in [0.2, 0.25) is 5.91 Å². The van der Waals surface area contributed by atoms with Crippen molar-refractivity contribution in [2.24, 2.45) is 0 Å². The van der Waals surface area contributed by atoms with Gasteiger partial charge in [0.05, 0.1) is 6.04 Å². The molecule has 1 aromatic heterocycles. The van der Waals surface area contributed by atoms with Gasteiger partial charge in [-0.15, -0.1) is 0 Å². The molecule has 0 bridgehead atoms. The number of hydrogen-bond donors (Lipinski definition) is 0. The van der Waals surface area contributed by atoms with E-state index in [0.29, 0.717) is 0 Å². The second-order valence-electron chi connectivity index (χ2n) is 5.53. The molecule has 0 aliphatic carbocycles. The van der Waals surface area contributed by atoms with Gasteiger partial charge in [-0.05, 0) is 43.4 Å². The van der Waals surface area contributed by atoms with Crippen LogP contribution in [0.3, 0.4) is 0 Å². The SMILES string of the molecule is CC(=O)N1CCCCC1c1cnc(N(C)C)c(C)c1. The first kappa shape index (κ1) is 13.8. The first-order valence-electron chi connectivity index (χ1n) is 6.91. The van der Waals surface area contributed by atoms with Crippen molar-refractivity contribution in [3.05, 3.63) is 23.4 Å². The molecule has 0 aromatic carbocycles. The molecular weight excluding hydrogens is 238 g/mol. The molecule has 1 aliphatic heterocycles. The minimum Gasteiger partial charge on any atom is -0.363 e. The summed E-state index contributed by atoms with van der Waals surface area (Å²) in [5, 5.41) is 0. The molecule has 1 aromatic rings. The van der Waals surface area contributed by atoms with Crippen molar-refractivity contribution in [2.75, 3.05) is 25.5 Å². The van der Waals surface area contributed by atoms with Gasteiger partial charge >= 0.3 is 0 Å². The molecule has 0 N–H and O–H groups in total. The maximum Gasteiger partial charge on any atom is 0.219 e. The van der Waals surface area contributed by atoms with Gasteiger partial charge in [-0.1, -0.05) is 0 Å². The lowest BCUT2D eigenvalue weighted by atomic mass is 9.95. The number of amides is 1. The lowest BCUT2D eigenvalue weighted by Gasteiger charge is -2.35. The Kier molecular flexibility index (Phi) is 4.08. The van der Waals surface area contributed by atoms with Crippen LogP contribution in [-0.4, -0.2) is 36.4 Å². The molecule has 1 fully saturated rings. The Hall–Kier alpha value is -1.58. The Morgan fingerprint density at radius 2 is 2.16 bits per heavy atom. The quantitative estimate of drug-likeness (QED) is 0.821. The lowest BCUT2D eigenvalue weighted by molar-refractivity contribution is -0.132. The van der Waals surface area contributed by atoms with Crippen molar-refractivity contribution in [3.8, 4) is 0 Å². The Morgan fingerprint density at radius 1 is 1.42 bits per heavy atom. The van der Waals surface area contributed by atoms with Crippen molar-refractivity contribution >= 4 is 11.7 Å². The number of hydrogen-bond acceptors (Lipinski definition) is 3. The number of anilines is 1. The highest BCUT2D eigenvalue weighted by molar-refractivity contribution is 5.74. The summed E-state index contributed by atoms with van der Waals surface area (Å²) in [5.41, 5.74) is 2.33. The first-order valence-corrected chi connectivity index (χ1v) is 6.91. The highest BCUT2D eigenvalue weighted by Crippen LogP contribution is 2.32. The fourth-order valence-corrected chi connectivity index (χ4v) is 2.89. The van der Waals surface area contributed by atoms with Gasteiger partial charge in [-0.25, -0.2) is 4.98 Å². The maximum absolute atomic E-state index is 11.7. The average Bonchev–Trinajstić information content (AvgIpc) is 2.38. The largest absolute Gasteiger partial charge is 0.363 e. The number of carbonyl (C=O) groups excluding carboxylic acids is 1. The van der Waals surface area contributed by atoms with Crippen LogP contribution in [0.1, 0.15) is 43.4 Å². The number of likely N-dealkylation sites (tertiary alicyclic amines) is 1. The number of carbonyl (C=O) groups is 1. The number of rotatable bonds is 2. The van der Waals surface area contributed by atoms with Gasteiger partial charge in [0.15, 0.2) is 0 Å². The summed E-state index contributed by atoms with van der Waals surface area (Å²) in [7, 11) is 4.00. The second-order valence-corrected chi connectivity index (χ2v) is 5.53. The van der Waals surface area contributed by atoms with Crippen LogP contribution in [-0.2, 0) is 4.79 Å². The minimum absolute atomic E-state index is 0.166. The third-order valence-electron chi connectivity index (χ3n) is 3.79. The molecule has 0 saturated carbocycles. The van der Waals surface area contributed by atoms with Gasteiger partial charge in [0.25, 0.3) is 0 Å². The molecule has 4 heteroatoms. The van der Waals surface area contributed by atoms with E-state index in [4.69, 9.17) is 0 Å². The molecule has 1 amide bonds. The lowest BCUT2D eigenvalue weighted by Crippen LogP contribution is -2.37. The monoisotopic (exact) mass is 261 g/mol. The summed E-state index contributed by atoms with van der Waals surface area (Å²) < 4.78 is 0. The maximum atomic E-state index is 11.7. The number of aromatic nitrogens is 1. The number of nitrogens with zero attached hydrogens (tertiary/aromatic N) is 3. The van der Waals surface area contributed by atoms with Crippen LogP contribution in [0, 0.1) is 6.92 Å². The van der Waals surface area contributed by atoms with Gasteiger partial charge in [-0.3, -0.25) is 4.79 Å². The minimum atomic E-state index is 0.166. The normalized spacial score (nSPS) is 19.4. The Morgan fingerprint density at radius 3 is 2.74 bits per heavy atom. The zero-order valence-electron chi connectivity index (χ0n) is 12.3. The predicted molar refractivity (Wildman–Crippen MR) is 77.3 cm³/mol. The molecule has 0 spiro atoms. The highest BCUT2D eigenvalue weighted by Gasteiger charge is 2.26. The molecule has 19 heavy (non-hydrogen) atoms. The number of aryl methyl sites for hydroxylation is 1. The smallest absolute Gasteiger partial charge is 0.219 e. The van der Waals surface area contributed by atoms with Gasteiger partial charge < -0.3 is 9.80 Å². The van der Waals surface area contributed by atoms with E-state index in [2.05, 4.69) is 18.0 Å². The van der Waals surface area contributed by atoms with E-state index in [9.17, 15) is 4.79 Å². The van der Waals surface area contributed by atoms with Crippen LogP contribution in [0.15, 0.2) is 12.3 Å². The fourth-order valence-electron chi connectivity index (χ4n) is 2.89. The first-order chi connectivity index (χ1) is 9.00. The van der Waals surface area contributed by atoms with Crippen LogP contribution in [0.5, 0.6) is 0 Å². The van der Waals surface area contributed by atoms with E-state index in [-0.39, 0.29) is 11.9 Å². The Balaban J connectivity index is 2.29. The van der Waals surface area contributed by atoms with Crippen molar-refractivity contribution in [1.29, 1.82) is 0 Å². The summed E-state index contributed by atoms with van der Waals surface area (Å²) >= 11 is 0. The molecule has 4 nitrogen and oxygen atoms in total. The van der Waals surface area contributed by atoms with Crippen LogP contribution in [0.25, 0.3) is 0 Å².